The number of benzene rings is 3. The second-order valence-corrected chi connectivity index (χ2v) is 5.87. The molecule has 0 aromatic heterocycles. The van der Waals surface area contributed by atoms with Crippen LogP contribution in [0.3, 0.4) is 0 Å². The molecule has 0 aliphatic heterocycles. The highest BCUT2D eigenvalue weighted by Crippen LogP contribution is 2.23. The molecule has 3 aromatic rings. The lowest BCUT2D eigenvalue weighted by Gasteiger charge is -2.11. The van der Waals surface area contributed by atoms with Crippen LogP contribution < -0.4 is 15.4 Å². The number of anilines is 2. The first-order valence-electron chi connectivity index (χ1n) is 7.35. The molecule has 0 unspecified atom stereocenters. The molecule has 0 aliphatic rings. The predicted molar refractivity (Wildman–Crippen MR) is 104 cm³/mol. The lowest BCUT2D eigenvalue weighted by Crippen LogP contribution is -2.18. The maximum absolute atomic E-state index is 5.95. The van der Waals surface area contributed by atoms with E-state index >= 15 is 0 Å². The van der Waals surface area contributed by atoms with Crippen LogP contribution in [-0.4, -0.2) is 5.11 Å². The van der Waals surface area contributed by atoms with Crippen LogP contribution in [0, 0.1) is 0 Å². The summed E-state index contributed by atoms with van der Waals surface area (Å²) in [5.74, 6) is 1.57. The number of nitrogens with one attached hydrogen (secondary N) is 2. The fraction of sp³-hybridized carbons (Fsp3) is 0. The first-order valence-corrected chi connectivity index (χ1v) is 8.14. The molecule has 120 valence electrons. The molecule has 0 bridgehead atoms. The molecule has 2 N–H and O–H groups in total. The number of hydrogen-bond donors (Lipinski definition) is 2. The van der Waals surface area contributed by atoms with Crippen LogP contribution in [0.2, 0.25) is 5.02 Å². The molecule has 24 heavy (non-hydrogen) atoms. The Morgan fingerprint density at radius 1 is 0.750 bits per heavy atom. The summed E-state index contributed by atoms with van der Waals surface area (Å²) in [5, 5.41) is 7.36. The van der Waals surface area contributed by atoms with Gasteiger partial charge in [-0.3, -0.25) is 0 Å². The number of thiocarbonyl (C=S) groups is 1. The third kappa shape index (κ3) is 4.72. The summed E-state index contributed by atoms with van der Waals surface area (Å²) in [5.41, 5.74) is 1.71. The van der Waals surface area contributed by atoms with Crippen molar-refractivity contribution in [2.75, 3.05) is 10.6 Å². The van der Waals surface area contributed by atoms with E-state index in [4.69, 9.17) is 28.6 Å². The number of halogens is 1. The third-order valence-electron chi connectivity index (χ3n) is 3.17. The minimum absolute atomic E-state index is 0.494. The van der Waals surface area contributed by atoms with Crippen molar-refractivity contribution >= 4 is 40.3 Å². The lowest BCUT2D eigenvalue weighted by molar-refractivity contribution is 0.483. The van der Waals surface area contributed by atoms with Gasteiger partial charge in [-0.25, -0.2) is 0 Å². The van der Waals surface area contributed by atoms with E-state index < -0.39 is 0 Å². The first-order chi connectivity index (χ1) is 11.7. The summed E-state index contributed by atoms with van der Waals surface area (Å²) in [6, 6.07) is 24.6. The van der Waals surface area contributed by atoms with Gasteiger partial charge < -0.3 is 15.4 Å². The maximum Gasteiger partial charge on any atom is 0.175 e. The van der Waals surface area contributed by atoms with Gasteiger partial charge in [0, 0.05) is 16.4 Å². The van der Waals surface area contributed by atoms with Gasteiger partial charge in [-0.15, -0.1) is 0 Å². The molecule has 0 heterocycles. The molecule has 3 nitrogen and oxygen atoms in total. The van der Waals surface area contributed by atoms with Gasteiger partial charge in [-0.05, 0) is 66.8 Å². The summed E-state index contributed by atoms with van der Waals surface area (Å²) >= 11 is 11.3. The van der Waals surface area contributed by atoms with E-state index in [1.54, 1.807) is 0 Å². The molecule has 0 saturated carbocycles. The normalized spacial score (nSPS) is 10.0. The van der Waals surface area contributed by atoms with Gasteiger partial charge in [0.25, 0.3) is 0 Å². The van der Waals surface area contributed by atoms with E-state index in [0.717, 1.165) is 22.9 Å². The molecule has 0 spiro atoms. The molecule has 3 aromatic carbocycles. The monoisotopic (exact) mass is 354 g/mol. The molecule has 5 heteroatoms. The van der Waals surface area contributed by atoms with Gasteiger partial charge >= 0.3 is 0 Å². The molecule has 0 amide bonds. The predicted octanol–water partition coefficient (Wildman–Crippen LogP) is 5.94. The van der Waals surface area contributed by atoms with Crippen LogP contribution >= 0.6 is 23.8 Å². The van der Waals surface area contributed by atoms with Crippen molar-refractivity contribution < 1.29 is 4.74 Å². The highest BCUT2D eigenvalue weighted by molar-refractivity contribution is 7.80. The molecular formula is C19H15ClN2OS. The van der Waals surface area contributed by atoms with Crippen molar-refractivity contribution in [3.63, 3.8) is 0 Å². The van der Waals surface area contributed by atoms with E-state index in [1.165, 1.54) is 0 Å². The van der Waals surface area contributed by atoms with Gasteiger partial charge in [-0.2, -0.15) is 0 Å². The Morgan fingerprint density at radius 2 is 1.42 bits per heavy atom. The van der Waals surface area contributed by atoms with E-state index in [-0.39, 0.29) is 0 Å². The van der Waals surface area contributed by atoms with Gasteiger partial charge in [0.2, 0.25) is 0 Å². The van der Waals surface area contributed by atoms with Crippen LogP contribution in [0.15, 0.2) is 78.9 Å². The lowest BCUT2D eigenvalue weighted by atomic mass is 10.3. The minimum atomic E-state index is 0.494. The average molecular weight is 355 g/mol. The Morgan fingerprint density at radius 3 is 2.12 bits per heavy atom. The number of hydrogen-bond acceptors (Lipinski definition) is 2. The van der Waals surface area contributed by atoms with Gasteiger partial charge in [-0.1, -0.05) is 35.9 Å². The topological polar surface area (TPSA) is 33.3 Å². The summed E-state index contributed by atoms with van der Waals surface area (Å²) < 4.78 is 5.76. The number of para-hydroxylation sites is 1. The summed E-state index contributed by atoms with van der Waals surface area (Å²) in [6.45, 7) is 0. The van der Waals surface area contributed by atoms with E-state index in [9.17, 15) is 0 Å². The SMILES string of the molecule is S=C(Nc1ccc(Oc2ccccc2)cc1)Nc1cccc(Cl)c1. The zero-order chi connectivity index (χ0) is 16.8. The smallest absolute Gasteiger partial charge is 0.175 e. The third-order valence-corrected chi connectivity index (χ3v) is 3.61. The van der Waals surface area contributed by atoms with Crippen molar-refractivity contribution in [1.29, 1.82) is 0 Å². The molecule has 0 saturated heterocycles. The van der Waals surface area contributed by atoms with E-state index in [2.05, 4.69) is 10.6 Å². The summed E-state index contributed by atoms with van der Waals surface area (Å²) in [7, 11) is 0. The quantitative estimate of drug-likeness (QED) is 0.568. The first kappa shape index (κ1) is 16.3. The molecule has 3 rings (SSSR count). The van der Waals surface area contributed by atoms with Gasteiger partial charge in [0.05, 0.1) is 0 Å². The zero-order valence-corrected chi connectivity index (χ0v) is 14.3. The Labute approximate surface area is 151 Å². The van der Waals surface area contributed by atoms with Crippen molar-refractivity contribution in [1.82, 2.24) is 0 Å². The number of rotatable bonds is 4. The van der Waals surface area contributed by atoms with Gasteiger partial charge in [0.15, 0.2) is 5.11 Å². The van der Waals surface area contributed by atoms with Crippen LogP contribution in [0.25, 0.3) is 0 Å². The van der Waals surface area contributed by atoms with E-state index in [0.29, 0.717) is 10.1 Å². The van der Waals surface area contributed by atoms with Crippen LogP contribution in [0.4, 0.5) is 11.4 Å². The number of ether oxygens (including phenoxy) is 1. The van der Waals surface area contributed by atoms with Crippen molar-refractivity contribution in [3.05, 3.63) is 83.9 Å². The van der Waals surface area contributed by atoms with E-state index in [1.807, 2.05) is 78.9 Å². The fourth-order valence-electron chi connectivity index (χ4n) is 2.09. The largest absolute Gasteiger partial charge is 0.457 e. The molecule has 0 atom stereocenters. The Kier molecular flexibility index (Phi) is 5.31. The van der Waals surface area contributed by atoms with Crippen molar-refractivity contribution in [2.24, 2.45) is 0 Å². The highest BCUT2D eigenvalue weighted by atomic mass is 35.5. The second-order valence-electron chi connectivity index (χ2n) is 5.03. The molecule has 0 aliphatic carbocycles. The van der Waals surface area contributed by atoms with Gasteiger partial charge in [0.1, 0.15) is 11.5 Å². The second kappa shape index (κ2) is 7.81. The molecular weight excluding hydrogens is 340 g/mol. The zero-order valence-electron chi connectivity index (χ0n) is 12.7. The van der Waals surface area contributed by atoms with Crippen LogP contribution in [-0.2, 0) is 0 Å². The molecule has 0 radical (unpaired) electrons. The Bertz CT molecular complexity index is 822. The Balaban J connectivity index is 1.58. The Hall–Kier alpha value is -2.56. The van der Waals surface area contributed by atoms with Crippen LogP contribution in [0.1, 0.15) is 0 Å². The van der Waals surface area contributed by atoms with Crippen molar-refractivity contribution in [3.8, 4) is 11.5 Å². The standard InChI is InChI=1S/C19H15ClN2OS/c20-14-5-4-6-16(13-14)22-19(24)21-15-9-11-18(12-10-15)23-17-7-2-1-3-8-17/h1-13H,(H2,21,22,24). The average Bonchev–Trinajstić information content (AvgIpc) is 2.57. The maximum atomic E-state index is 5.95. The minimum Gasteiger partial charge on any atom is -0.457 e. The van der Waals surface area contributed by atoms with Crippen molar-refractivity contribution in [2.45, 2.75) is 0 Å². The summed E-state index contributed by atoms with van der Waals surface area (Å²) in [4.78, 5) is 0. The van der Waals surface area contributed by atoms with Crippen LogP contribution in [0.5, 0.6) is 11.5 Å². The molecule has 0 fully saturated rings. The highest BCUT2D eigenvalue weighted by Gasteiger charge is 2.01. The fourth-order valence-corrected chi connectivity index (χ4v) is 2.52. The summed E-state index contributed by atoms with van der Waals surface area (Å²) in [6.07, 6.45) is 0.